The lowest BCUT2D eigenvalue weighted by atomic mass is 10.3. The van der Waals surface area contributed by atoms with Crippen molar-refractivity contribution >= 4 is 33.1 Å². The molecule has 1 aromatic carbocycles. The molecule has 7 nitrogen and oxygen atoms in total. The summed E-state index contributed by atoms with van der Waals surface area (Å²) < 4.78 is 32.1. The van der Waals surface area contributed by atoms with Crippen molar-refractivity contribution in [3.8, 4) is 0 Å². The van der Waals surface area contributed by atoms with E-state index in [1.807, 2.05) is 18.4 Å². The summed E-state index contributed by atoms with van der Waals surface area (Å²) in [6.07, 6.45) is 0. The molecule has 9 heteroatoms. The fourth-order valence-corrected chi connectivity index (χ4v) is 5.16. The molecule has 1 fully saturated rings. The minimum absolute atomic E-state index is 0.166. The van der Waals surface area contributed by atoms with E-state index in [1.54, 1.807) is 41.5 Å². The number of hydrogen-bond acceptors (Lipinski definition) is 5. The Morgan fingerprint density at radius 3 is 2.70 bits per heavy atom. The number of amides is 2. The molecule has 1 N–H and O–H groups in total. The highest BCUT2D eigenvalue weighted by molar-refractivity contribution is 7.89. The molecule has 0 bridgehead atoms. The Morgan fingerprint density at radius 2 is 2.04 bits per heavy atom. The van der Waals surface area contributed by atoms with Crippen LogP contribution in [0.3, 0.4) is 0 Å². The maximum Gasteiger partial charge on any atom is 0.321 e. The number of benzene rings is 1. The second kappa shape index (κ2) is 8.39. The van der Waals surface area contributed by atoms with Crippen molar-refractivity contribution in [3.05, 3.63) is 46.2 Å². The topological polar surface area (TPSA) is 79.0 Å². The fraction of sp³-hybridized carbons (Fsp3) is 0.389. The van der Waals surface area contributed by atoms with Gasteiger partial charge in [0.2, 0.25) is 10.0 Å². The van der Waals surface area contributed by atoms with Gasteiger partial charge in [-0.05, 0) is 42.1 Å². The van der Waals surface area contributed by atoms with Gasteiger partial charge in [-0.3, -0.25) is 0 Å². The first-order valence-corrected chi connectivity index (χ1v) is 10.9. The summed E-state index contributed by atoms with van der Waals surface area (Å²) in [5.41, 5.74) is 1.60. The first-order valence-electron chi connectivity index (χ1n) is 8.61. The number of morpholine rings is 1. The number of urea groups is 1. The first-order chi connectivity index (χ1) is 12.9. The number of hydrogen-bond donors (Lipinski definition) is 1. The molecular weight excluding hydrogens is 386 g/mol. The van der Waals surface area contributed by atoms with Crippen LogP contribution in [0.5, 0.6) is 0 Å². The molecule has 1 aliphatic heterocycles. The zero-order chi connectivity index (χ0) is 19.4. The standard InChI is InChI=1S/C18H23N3O4S2/c1-14-6-11-26-17(14)13-20(2)18(22)19-15-4-3-5-16(12-15)27(23,24)21-7-9-25-10-8-21/h3-6,11-12H,7-10,13H2,1-2H3,(H,19,22). The number of sulfonamides is 1. The summed E-state index contributed by atoms with van der Waals surface area (Å²) in [5, 5.41) is 4.77. The lowest BCUT2D eigenvalue weighted by molar-refractivity contribution is 0.0730. The van der Waals surface area contributed by atoms with E-state index in [0.717, 1.165) is 10.4 Å². The van der Waals surface area contributed by atoms with Crippen LogP contribution in [0, 0.1) is 6.92 Å². The molecule has 146 valence electrons. The van der Waals surface area contributed by atoms with Crippen LogP contribution in [0.25, 0.3) is 0 Å². The average Bonchev–Trinajstić information content (AvgIpc) is 3.07. The Morgan fingerprint density at radius 1 is 1.30 bits per heavy atom. The summed E-state index contributed by atoms with van der Waals surface area (Å²) in [5.74, 6) is 0. The van der Waals surface area contributed by atoms with Gasteiger partial charge in [-0.25, -0.2) is 13.2 Å². The molecule has 1 saturated heterocycles. The van der Waals surface area contributed by atoms with Crippen molar-refractivity contribution in [3.63, 3.8) is 0 Å². The smallest absolute Gasteiger partial charge is 0.321 e. The molecule has 2 aromatic rings. The molecule has 3 rings (SSSR count). The summed E-state index contributed by atoms with van der Waals surface area (Å²) >= 11 is 1.61. The van der Waals surface area contributed by atoms with Crippen LogP contribution in [0.2, 0.25) is 0 Å². The van der Waals surface area contributed by atoms with Gasteiger partial charge >= 0.3 is 6.03 Å². The van der Waals surface area contributed by atoms with Gasteiger partial charge in [-0.15, -0.1) is 11.3 Å². The number of aryl methyl sites for hydroxylation is 1. The SMILES string of the molecule is Cc1ccsc1CN(C)C(=O)Nc1cccc(S(=O)(=O)N2CCOCC2)c1. The van der Waals surface area contributed by atoms with E-state index in [9.17, 15) is 13.2 Å². The summed E-state index contributed by atoms with van der Waals surface area (Å²) in [4.78, 5) is 15.3. The van der Waals surface area contributed by atoms with Gasteiger partial charge in [0, 0.05) is 30.7 Å². The van der Waals surface area contributed by atoms with E-state index in [2.05, 4.69) is 5.32 Å². The number of nitrogens with zero attached hydrogens (tertiary/aromatic N) is 2. The minimum atomic E-state index is -3.60. The van der Waals surface area contributed by atoms with E-state index in [0.29, 0.717) is 38.5 Å². The largest absolute Gasteiger partial charge is 0.379 e. The van der Waals surface area contributed by atoms with Crippen LogP contribution < -0.4 is 5.32 Å². The van der Waals surface area contributed by atoms with Gasteiger partial charge in [-0.1, -0.05) is 6.07 Å². The van der Waals surface area contributed by atoms with Crippen LogP contribution in [0.4, 0.5) is 10.5 Å². The molecule has 0 atom stereocenters. The highest BCUT2D eigenvalue weighted by atomic mass is 32.2. The van der Waals surface area contributed by atoms with Crippen molar-refractivity contribution in [2.45, 2.75) is 18.4 Å². The van der Waals surface area contributed by atoms with E-state index < -0.39 is 10.0 Å². The lowest BCUT2D eigenvalue weighted by Crippen LogP contribution is -2.40. The predicted molar refractivity (Wildman–Crippen MR) is 106 cm³/mol. The molecule has 1 aliphatic rings. The zero-order valence-corrected chi connectivity index (χ0v) is 17.0. The first kappa shape index (κ1) is 19.8. The van der Waals surface area contributed by atoms with Gasteiger partial charge < -0.3 is 15.0 Å². The number of ether oxygens (including phenoxy) is 1. The van der Waals surface area contributed by atoms with Crippen LogP contribution in [-0.2, 0) is 21.3 Å². The highest BCUT2D eigenvalue weighted by Gasteiger charge is 2.26. The van der Waals surface area contributed by atoms with Crippen molar-refractivity contribution in [2.75, 3.05) is 38.7 Å². The van der Waals surface area contributed by atoms with Crippen LogP contribution in [0.15, 0.2) is 40.6 Å². The van der Waals surface area contributed by atoms with E-state index in [1.165, 1.54) is 10.4 Å². The molecule has 0 spiro atoms. The fourth-order valence-electron chi connectivity index (χ4n) is 2.74. The Labute approximate surface area is 163 Å². The third-order valence-corrected chi connectivity index (χ3v) is 7.29. The van der Waals surface area contributed by atoms with E-state index >= 15 is 0 Å². The van der Waals surface area contributed by atoms with Gasteiger partial charge in [-0.2, -0.15) is 4.31 Å². The van der Waals surface area contributed by atoms with Gasteiger partial charge in [0.25, 0.3) is 0 Å². The molecule has 2 heterocycles. The monoisotopic (exact) mass is 409 g/mol. The number of rotatable bonds is 5. The molecule has 0 saturated carbocycles. The van der Waals surface area contributed by atoms with Crippen molar-refractivity contribution in [1.29, 1.82) is 0 Å². The number of nitrogens with one attached hydrogen (secondary N) is 1. The lowest BCUT2D eigenvalue weighted by Gasteiger charge is -2.26. The van der Waals surface area contributed by atoms with Crippen molar-refractivity contribution < 1.29 is 17.9 Å². The Balaban J connectivity index is 1.70. The van der Waals surface area contributed by atoms with E-state index in [4.69, 9.17) is 4.74 Å². The van der Waals surface area contributed by atoms with Crippen LogP contribution in [0.1, 0.15) is 10.4 Å². The maximum atomic E-state index is 12.8. The Bertz CT molecular complexity index is 905. The summed E-state index contributed by atoms with van der Waals surface area (Å²) in [6, 6.07) is 8.08. The van der Waals surface area contributed by atoms with Crippen molar-refractivity contribution in [2.24, 2.45) is 0 Å². The van der Waals surface area contributed by atoms with Crippen molar-refractivity contribution in [1.82, 2.24) is 9.21 Å². The zero-order valence-electron chi connectivity index (χ0n) is 15.3. The molecule has 27 heavy (non-hydrogen) atoms. The average molecular weight is 410 g/mol. The normalized spacial score (nSPS) is 15.5. The summed E-state index contributed by atoms with van der Waals surface area (Å²) in [7, 11) is -1.89. The molecule has 1 aromatic heterocycles. The molecule has 0 radical (unpaired) electrons. The molecular formula is C18H23N3O4S2. The van der Waals surface area contributed by atoms with Gasteiger partial charge in [0.15, 0.2) is 0 Å². The van der Waals surface area contributed by atoms with E-state index in [-0.39, 0.29) is 10.9 Å². The molecule has 0 unspecified atom stereocenters. The second-order valence-electron chi connectivity index (χ2n) is 6.36. The van der Waals surface area contributed by atoms with Crippen LogP contribution >= 0.6 is 11.3 Å². The third kappa shape index (κ3) is 4.67. The summed E-state index contributed by atoms with van der Waals surface area (Å²) in [6.45, 7) is 3.97. The molecule has 0 aliphatic carbocycles. The second-order valence-corrected chi connectivity index (χ2v) is 9.30. The predicted octanol–water partition coefficient (Wildman–Crippen LogP) is 2.74. The Kier molecular flexibility index (Phi) is 6.15. The molecule has 2 amide bonds. The number of anilines is 1. The highest BCUT2D eigenvalue weighted by Crippen LogP contribution is 2.21. The number of carbonyl (C=O) groups is 1. The number of carbonyl (C=O) groups excluding carboxylic acids is 1. The quantitative estimate of drug-likeness (QED) is 0.824. The van der Waals surface area contributed by atoms with Crippen LogP contribution in [-0.4, -0.2) is 57.0 Å². The third-order valence-electron chi connectivity index (χ3n) is 4.39. The van der Waals surface area contributed by atoms with Gasteiger partial charge in [0.05, 0.1) is 24.7 Å². The number of thiophene rings is 1. The maximum absolute atomic E-state index is 12.8. The van der Waals surface area contributed by atoms with Gasteiger partial charge in [0.1, 0.15) is 0 Å². The Hall–Kier alpha value is -1.94. The minimum Gasteiger partial charge on any atom is -0.379 e.